The van der Waals surface area contributed by atoms with Crippen molar-refractivity contribution in [1.29, 1.82) is 0 Å². The molecule has 0 heterocycles. The number of rotatable bonds is 4. The Balaban J connectivity index is 2.03. The van der Waals surface area contributed by atoms with Crippen LogP contribution in [0.2, 0.25) is 0 Å². The van der Waals surface area contributed by atoms with E-state index in [4.69, 9.17) is 4.74 Å². The number of carbonyl (C=O) groups excluding carboxylic acids is 1. The lowest BCUT2D eigenvalue weighted by atomic mass is 9.93. The molecule has 0 amide bonds. The Morgan fingerprint density at radius 2 is 2.31 bits per heavy atom. The molecule has 1 saturated carbocycles. The summed E-state index contributed by atoms with van der Waals surface area (Å²) in [6.45, 7) is 2.23. The third kappa shape index (κ3) is 2.54. The molecule has 0 saturated heterocycles. The number of benzene rings is 1. The fourth-order valence-electron chi connectivity index (χ4n) is 1.74. The number of hydrogen-bond donors (Lipinski definition) is 1. The first-order valence-electron chi connectivity index (χ1n) is 5.83. The average Bonchev–Trinajstić information content (AvgIpc) is 2.24. The summed E-state index contributed by atoms with van der Waals surface area (Å²) in [6.07, 6.45) is 3.75. The average molecular weight is 219 g/mol. The van der Waals surface area contributed by atoms with Crippen molar-refractivity contribution < 1.29 is 9.53 Å². The number of carbonyl (C=O) groups is 1. The maximum Gasteiger partial charge on any atom is 0.338 e. The fraction of sp³-hybridized carbons (Fsp3) is 0.462. The van der Waals surface area contributed by atoms with Gasteiger partial charge in [0.2, 0.25) is 0 Å². The van der Waals surface area contributed by atoms with Crippen molar-refractivity contribution in [2.75, 3.05) is 11.9 Å². The Morgan fingerprint density at radius 1 is 1.50 bits per heavy atom. The molecule has 0 spiro atoms. The van der Waals surface area contributed by atoms with Gasteiger partial charge in [-0.05, 0) is 44.4 Å². The van der Waals surface area contributed by atoms with Crippen molar-refractivity contribution in [2.45, 2.75) is 32.2 Å². The molecule has 0 bridgehead atoms. The first-order chi connectivity index (χ1) is 7.79. The number of nitrogens with one attached hydrogen (secondary N) is 1. The van der Waals surface area contributed by atoms with Gasteiger partial charge in [-0.3, -0.25) is 0 Å². The predicted octanol–water partition coefficient (Wildman–Crippen LogP) is 2.83. The number of anilines is 1. The van der Waals surface area contributed by atoms with Crippen molar-refractivity contribution in [1.82, 2.24) is 0 Å². The summed E-state index contributed by atoms with van der Waals surface area (Å²) in [5.74, 6) is -0.250. The summed E-state index contributed by atoms with van der Waals surface area (Å²) in [4.78, 5) is 11.5. The smallest absolute Gasteiger partial charge is 0.338 e. The largest absolute Gasteiger partial charge is 0.462 e. The molecular formula is C13H17NO2. The fourth-order valence-corrected chi connectivity index (χ4v) is 1.74. The minimum absolute atomic E-state index is 0.250. The molecule has 2 rings (SSSR count). The zero-order valence-corrected chi connectivity index (χ0v) is 9.53. The van der Waals surface area contributed by atoms with Gasteiger partial charge < -0.3 is 10.1 Å². The summed E-state index contributed by atoms with van der Waals surface area (Å²) in [7, 11) is 0. The molecule has 16 heavy (non-hydrogen) atoms. The van der Waals surface area contributed by atoms with Gasteiger partial charge in [0.25, 0.3) is 0 Å². The number of ether oxygens (including phenoxy) is 1. The highest BCUT2D eigenvalue weighted by atomic mass is 16.5. The molecular weight excluding hydrogens is 202 g/mol. The van der Waals surface area contributed by atoms with Crippen LogP contribution >= 0.6 is 0 Å². The standard InChI is InChI=1S/C13H17NO2/c1-2-16-13(15)10-5-3-8-12(9-10)14-11-6-4-7-11/h3,5,8-9,11,14H,2,4,6-7H2,1H3. The van der Waals surface area contributed by atoms with Crippen LogP contribution in [0.15, 0.2) is 24.3 Å². The second-order valence-corrected chi connectivity index (χ2v) is 4.07. The Labute approximate surface area is 95.8 Å². The lowest BCUT2D eigenvalue weighted by Gasteiger charge is -2.27. The van der Waals surface area contributed by atoms with Crippen LogP contribution in [0, 0.1) is 0 Å². The SMILES string of the molecule is CCOC(=O)c1cccc(NC2CCC2)c1. The first-order valence-corrected chi connectivity index (χ1v) is 5.83. The Bertz CT molecular complexity index is 372. The van der Waals surface area contributed by atoms with Gasteiger partial charge in [0, 0.05) is 11.7 Å². The highest BCUT2D eigenvalue weighted by Gasteiger charge is 2.17. The second-order valence-electron chi connectivity index (χ2n) is 4.07. The zero-order valence-electron chi connectivity index (χ0n) is 9.53. The molecule has 1 fully saturated rings. The van der Waals surface area contributed by atoms with E-state index in [1.807, 2.05) is 25.1 Å². The monoisotopic (exact) mass is 219 g/mol. The molecule has 0 aliphatic heterocycles. The van der Waals surface area contributed by atoms with E-state index in [1.54, 1.807) is 6.07 Å². The van der Waals surface area contributed by atoms with Gasteiger partial charge in [-0.1, -0.05) is 6.07 Å². The zero-order chi connectivity index (χ0) is 11.4. The van der Waals surface area contributed by atoms with Crippen LogP contribution < -0.4 is 5.32 Å². The van der Waals surface area contributed by atoms with E-state index >= 15 is 0 Å². The molecule has 3 nitrogen and oxygen atoms in total. The molecule has 1 N–H and O–H groups in total. The topological polar surface area (TPSA) is 38.3 Å². The normalized spacial score (nSPS) is 15.3. The third-order valence-electron chi connectivity index (χ3n) is 2.85. The molecule has 1 aliphatic carbocycles. The van der Waals surface area contributed by atoms with Gasteiger partial charge in [-0.2, -0.15) is 0 Å². The lowest BCUT2D eigenvalue weighted by Crippen LogP contribution is -2.27. The first kappa shape index (κ1) is 11.0. The maximum atomic E-state index is 11.5. The van der Waals surface area contributed by atoms with Crippen LogP contribution in [-0.4, -0.2) is 18.6 Å². The van der Waals surface area contributed by atoms with E-state index in [0.29, 0.717) is 18.2 Å². The Kier molecular flexibility index (Phi) is 3.44. The van der Waals surface area contributed by atoms with Crippen LogP contribution in [-0.2, 0) is 4.74 Å². The summed E-state index contributed by atoms with van der Waals surface area (Å²) in [6, 6.07) is 8.09. The van der Waals surface area contributed by atoms with Crippen LogP contribution in [0.5, 0.6) is 0 Å². The summed E-state index contributed by atoms with van der Waals surface area (Å²) >= 11 is 0. The summed E-state index contributed by atoms with van der Waals surface area (Å²) in [5.41, 5.74) is 1.63. The van der Waals surface area contributed by atoms with E-state index in [9.17, 15) is 4.79 Å². The van der Waals surface area contributed by atoms with E-state index in [1.165, 1.54) is 19.3 Å². The molecule has 1 aromatic carbocycles. The van der Waals surface area contributed by atoms with Gasteiger partial charge in [-0.25, -0.2) is 4.79 Å². The van der Waals surface area contributed by atoms with Crippen molar-refractivity contribution in [2.24, 2.45) is 0 Å². The minimum Gasteiger partial charge on any atom is -0.462 e. The van der Waals surface area contributed by atoms with Gasteiger partial charge in [0.1, 0.15) is 0 Å². The van der Waals surface area contributed by atoms with Crippen molar-refractivity contribution in [3.8, 4) is 0 Å². The molecule has 0 atom stereocenters. The highest BCUT2D eigenvalue weighted by molar-refractivity contribution is 5.90. The molecule has 1 aromatic rings. The van der Waals surface area contributed by atoms with Gasteiger partial charge >= 0.3 is 5.97 Å². The second kappa shape index (κ2) is 5.01. The van der Waals surface area contributed by atoms with E-state index in [0.717, 1.165) is 5.69 Å². The van der Waals surface area contributed by atoms with Crippen molar-refractivity contribution in [3.63, 3.8) is 0 Å². The van der Waals surface area contributed by atoms with Crippen LogP contribution in [0.3, 0.4) is 0 Å². The molecule has 0 radical (unpaired) electrons. The van der Waals surface area contributed by atoms with E-state index in [-0.39, 0.29) is 5.97 Å². The van der Waals surface area contributed by atoms with Crippen LogP contribution in [0.25, 0.3) is 0 Å². The van der Waals surface area contributed by atoms with Gasteiger partial charge in [0.15, 0.2) is 0 Å². The minimum atomic E-state index is -0.250. The predicted molar refractivity (Wildman–Crippen MR) is 63.7 cm³/mol. The molecule has 86 valence electrons. The molecule has 0 unspecified atom stereocenters. The quantitative estimate of drug-likeness (QED) is 0.791. The molecule has 3 heteroatoms. The van der Waals surface area contributed by atoms with E-state index < -0.39 is 0 Å². The van der Waals surface area contributed by atoms with E-state index in [2.05, 4.69) is 5.32 Å². The van der Waals surface area contributed by atoms with Crippen LogP contribution in [0.4, 0.5) is 5.69 Å². The molecule has 1 aliphatic rings. The number of esters is 1. The van der Waals surface area contributed by atoms with Crippen molar-refractivity contribution >= 4 is 11.7 Å². The van der Waals surface area contributed by atoms with Crippen LogP contribution in [0.1, 0.15) is 36.5 Å². The Hall–Kier alpha value is -1.51. The summed E-state index contributed by atoms with van der Waals surface area (Å²) in [5, 5.41) is 3.41. The third-order valence-corrected chi connectivity index (χ3v) is 2.85. The lowest BCUT2D eigenvalue weighted by molar-refractivity contribution is 0.0526. The van der Waals surface area contributed by atoms with Gasteiger partial charge in [0.05, 0.1) is 12.2 Å². The number of hydrogen-bond acceptors (Lipinski definition) is 3. The molecule has 0 aromatic heterocycles. The Morgan fingerprint density at radius 3 is 2.94 bits per heavy atom. The van der Waals surface area contributed by atoms with Gasteiger partial charge in [-0.15, -0.1) is 0 Å². The summed E-state index contributed by atoms with van der Waals surface area (Å²) < 4.78 is 4.96. The maximum absolute atomic E-state index is 11.5. The van der Waals surface area contributed by atoms with Crippen molar-refractivity contribution in [3.05, 3.63) is 29.8 Å². The highest BCUT2D eigenvalue weighted by Crippen LogP contribution is 2.23.